The van der Waals surface area contributed by atoms with Crippen LogP contribution in [0.5, 0.6) is 0 Å². The van der Waals surface area contributed by atoms with Gasteiger partial charge >= 0.3 is 0 Å². The van der Waals surface area contributed by atoms with Gasteiger partial charge in [-0.05, 0) is 50.8 Å². The van der Waals surface area contributed by atoms with Crippen LogP contribution in [-0.2, 0) is 0 Å². The second kappa shape index (κ2) is 8.18. The summed E-state index contributed by atoms with van der Waals surface area (Å²) < 4.78 is 0. The van der Waals surface area contributed by atoms with E-state index in [-0.39, 0.29) is 5.91 Å². The van der Waals surface area contributed by atoms with E-state index in [4.69, 9.17) is 0 Å². The van der Waals surface area contributed by atoms with Gasteiger partial charge in [0.25, 0.3) is 5.91 Å². The van der Waals surface area contributed by atoms with Crippen LogP contribution < -0.4 is 5.32 Å². The quantitative estimate of drug-likeness (QED) is 0.814. The van der Waals surface area contributed by atoms with Gasteiger partial charge in [0, 0.05) is 24.7 Å². The topological polar surface area (TPSA) is 32.3 Å². The molecule has 1 aromatic rings. The van der Waals surface area contributed by atoms with E-state index >= 15 is 0 Å². The van der Waals surface area contributed by atoms with Gasteiger partial charge in [-0.2, -0.15) is 0 Å². The van der Waals surface area contributed by atoms with Gasteiger partial charge in [0.15, 0.2) is 0 Å². The molecule has 21 heavy (non-hydrogen) atoms. The van der Waals surface area contributed by atoms with Crippen molar-refractivity contribution in [3.8, 4) is 0 Å². The van der Waals surface area contributed by atoms with Crippen molar-refractivity contribution in [2.24, 2.45) is 0 Å². The first kappa shape index (κ1) is 16.0. The Labute approximate surface area is 128 Å². The molecule has 116 valence electrons. The summed E-state index contributed by atoms with van der Waals surface area (Å²) in [4.78, 5) is 14.7. The Morgan fingerprint density at radius 1 is 1.33 bits per heavy atom. The summed E-state index contributed by atoms with van der Waals surface area (Å²) >= 11 is 0. The smallest absolute Gasteiger partial charge is 0.251 e. The fourth-order valence-electron chi connectivity index (χ4n) is 3.22. The van der Waals surface area contributed by atoms with E-state index in [2.05, 4.69) is 17.1 Å². The van der Waals surface area contributed by atoms with Crippen LogP contribution >= 0.6 is 0 Å². The fourth-order valence-corrected chi connectivity index (χ4v) is 3.22. The molecule has 1 fully saturated rings. The van der Waals surface area contributed by atoms with E-state index < -0.39 is 0 Å². The largest absolute Gasteiger partial charge is 0.352 e. The Kier molecular flexibility index (Phi) is 6.24. The normalized spacial score (nSPS) is 19.4. The molecule has 1 aliphatic rings. The van der Waals surface area contributed by atoms with E-state index in [1.54, 1.807) is 0 Å². The molecule has 0 saturated carbocycles. The Balaban J connectivity index is 1.72. The number of amides is 1. The molecule has 0 unspecified atom stereocenters. The summed E-state index contributed by atoms with van der Waals surface area (Å²) in [5.74, 6) is 0.0544. The minimum Gasteiger partial charge on any atom is -0.352 e. The van der Waals surface area contributed by atoms with Crippen molar-refractivity contribution in [3.63, 3.8) is 0 Å². The number of piperidine rings is 1. The maximum absolute atomic E-state index is 12.1. The molecule has 1 saturated heterocycles. The summed E-state index contributed by atoms with van der Waals surface area (Å²) in [6.45, 7) is 7.36. The predicted octanol–water partition coefficient (Wildman–Crippen LogP) is 3.38. The molecule has 3 heteroatoms. The van der Waals surface area contributed by atoms with Crippen molar-refractivity contribution in [2.45, 2.75) is 52.0 Å². The molecule has 3 nitrogen and oxygen atoms in total. The number of rotatable bonds is 6. The summed E-state index contributed by atoms with van der Waals surface area (Å²) in [5.41, 5.74) is 1.83. The van der Waals surface area contributed by atoms with Gasteiger partial charge in [0.1, 0.15) is 0 Å². The van der Waals surface area contributed by atoms with Gasteiger partial charge in [-0.3, -0.25) is 4.79 Å². The molecule has 1 N–H and O–H groups in total. The summed E-state index contributed by atoms with van der Waals surface area (Å²) in [7, 11) is 0. The maximum atomic E-state index is 12.1. The van der Waals surface area contributed by atoms with E-state index in [9.17, 15) is 4.79 Å². The molecule has 0 aromatic heterocycles. The number of aryl methyl sites for hydroxylation is 1. The number of carbonyl (C=O) groups is 1. The highest BCUT2D eigenvalue weighted by Crippen LogP contribution is 2.19. The zero-order valence-corrected chi connectivity index (χ0v) is 13.4. The van der Waals surface area contributed by atoms with Gasteiger partial charge in [-0.25, -0.2) is 0 Å². The van der Waals surface area contributed by atoms with Gasteiger partial charge in [0.2, 0.25) is 0 Å². The van der Waals surface area contributed by atoms with E-state index in [0.717, 1.165) is 36.7 Å². The summed E-state index contributed by atoms with van der Waals surface area (Å²) in [6, 6.07) is 8.51. The fraction of sp³-hybridized carbons (Fsp3) is 0.611. The minimum absolute atomic E-state index is 0.0544. The Morgan fingerprint density at radius 2 is 2.14 bits per heavy atom. The van der Waals surface area contributed by atoms with E-state index in [1.807, 2.05) is 31.2 Å². The number of hydrogen-bond acceptors (Lipinski definition) is 2. The number of likely N-dealkylation sites (tertiary alicyclic amines) is 1. The average molecular weight is 288 g/mol. The monoisotopic (exact) mass is 288 g/mol. The molecule has 1 aliphatic heterocycles. The highest BCUT2D eigenvalue weighted by Gasteiger charge is 2.19. The molecular weight excluding hydrogens is 260 g/mol. The lowest BCUT2D eigenvalue weighted by Crippen LogP contribution is -2.40. The molecule has 0 aliphatic carbocycles. The van der Waals surface area contributed by atoms with Crippen LogP contribution in [0.3, 0.4) is 0 Å². The van der Waals surface area contributed by atoms with Gasteiger partial charge < -0.3 is 10.2 Å². The van der Waals surface area contributed by atoms with Crippen LogP contribution in [0.2, 0.25) is 0 Å². The Bertz CT molecular complexity index is 458. The average Bonchev–Trinajstić information content (AvgIpc) is 2.52. The van der Waals surface area contributed by atoms with Gasteiger partial charge in [0.05, 0.1) is 0 Å². The molecule has 1 amide bonds. The summed E-state index contributed by atoms with van der Waals surface area (Å²) in [6.07, 6.45) is 6.32. The highest BCUT2D eigenvalue weighted by atomic mass is 16.1. The Hall–Kier alpha value is -1.35. The van der Waals surface area contributed by atoms with Crippen molar-refractivity contribution >= 4 is 5.91 Å². The zero-order valence-electron chi connectivity index (χ0n) is 13.4. The maximum Gasteiger partial charge on any atom is 0.251 e. The van der Waals surface area contributed by atoms with Gasteiger partial charge in [-0.1, -0.05) is 31.5 Å². The third-order valence-electron chi connectivity index (χ3n) is 4.52. The molecule has 0 bridgehead atoms. The predicted molar refractivity (Wildman–Crippen MR) is 87.6 cm³/mol. The molecule has 1 atom stereocenters. The Morgan fingerprint density at radius 3 is 2.90 bits per heavy atom. The van der Waals surface area contributed by atoms with Crippen LogP contribution in [-0.4, -0.2) is 36.5 Å². The third-order valence-corrected chi connectivity index (χ3v) is 4.52. The number of benzene rings is 1. The first-order valence-electron chi connectivity index (χ1n) is 8.30. The second-order valence-corrected chi connectivity index (χ2v) is 6.02. The van der Waals surface area contributed by atoms with Crippen molar-refractivity contribution in [2.75, 3.05) is 19.6 Å². The molecule has 1 aromatic carbocycles. The van der Waals surface area contributed by atoms with Crippen molar-refractivity contribution in [1.29, 1.82) is 0 Å². The lowest BCUT2D eigenvalue weighted by atomic mass is 10.00. The molecule has 2 rings (SSSR count). The van der Waals surface area contributed by atoms with Crippen LogP contribution in [0.25, 0.3) is 0 Å². The van der Waals surface area contributed by atoms with Gasteiger partial charge in [-0.15, -0.1) is 0 Å². The number of hydrogen-bond donors (Lipinski definition) is 1. The first-order valence-corrected chi connectivity index (χ1v) is 8.30. The summed E-state index contributed by atoms with van der Waals surface area (Å²) in [5, 5.41) is 3.05. The van der Waals surface area contributed by atoms with Crippen LogP contribution in [0.15, 0.2) is 24.3 Å². The minimum atomic E-state index is 0.0544. The first-order chi connectivity index (χ1) is 10.2. The highest BCUT2D eigenvalue weighted by molar-refractivity contribution is 5.95. The van der Waals surface area contributed by atoms with Crippen molar-refractivity contribution in [3.05, 3.63) is 35.4 Å². The lowest BCUT2D eigenvalue weighted by Gasteiger charge is -2.35. The zero-order chi connectivity index (χ0) is 15.1. The standard InChI is InChI=1S/C18H28N2O/c1-3-16-10-6-7-13-20(16)14-8-12-19-18(21)17-11-5-4-9-15(17)2/h4-5,9,11,16H,3,6-8,10,12-14H2,1-2H3,(H,19,21)/t16-/m1/s1. The van der Waals surface area contributed by atoms with E-state index in [1.165, 1.54) is 32.2 Å². The van der Waals surface area contributed by atoms with Crippen LogP contribution in [0.4, 0.5) is 0 Å². The second-order valence-electron chi connectivity index (χ2n) is 6.02. The molecule has 0 radical (unpaired) electrons. The number of nitrogens with zero attached hydrogens (tertiary/aromatic N) is 1. The third kappa shape index (κ3) is 4.57. The van der Waals surface area contributed by atoms with Crippen LogP contribution in [0, 0.1) is 6.92 Å². The molecule has 1 heterocycles. The number of carbonyl (C=O) groups excluding carboxylic acids is 1. The number of nitrogens with one attached hydrogen (secondary N) is 1. The van der Waals surface area contributed by atoms with Crippen LogP contribution in [0.1, 0.15) is 54.9 Å². The lowest BCUT2D eigenvalue weighted by molar-refractivity contribution is 0.0946. The SMILES string of the molecule is CC[C@@H]1CCCCN1CCCNC(=O)c1ccccc1C. The van der Waals surface area contributed by atoms with E-state index in [0.29, 0.717) is 0 Å². The van der Waals surface area contributed by atoms with Crippen molar-refractivity contribution < 1.29 is 4.79 Å². The van der Waals surface area contributed by atoms with Crippen molar-refractivity contribution in [1.82, 2.24) is 10.2 Å². The molecule has 0 spiro atoms. The molecular formula is C18H28N2O.